The van der Waals surface area contributed by atoms with Crippen LogP contribution in [0.4, 0.5) is 5.69 Å². The molecular weight excluding hydrogens is 450 g/mol. The second kappa shape index (κ2) is 10.3. The number of nitrogens with zero attached hydrogens (tertiary/aromatic N) is 3. The van der Waals surface area contributed by atoms with Crippen molar-refractivity contribution in [1.29, 1.82) is 0 Å². The Bertz CT molecular complexity index is 1110. The summed E-state index contributed by atoms with van der Waals surface area (Å²) in [6, 6.07) is 8.35. The highest BCUT2D eigenvalue weighted by Crippen LogP contribution is 2.41. The van der Waals surface area contributed by atoms with Crippen LogP contribution in [0.1, 0.15) is 43.7 Å². The Labute approximate surface area is 203 Å². The molecule has 2 aromatic rings. The number of carbonyl (C=O) groups excluding carboxylic acids is 2. The van der Waals surface area contributed by atoms with Gasteiger partial charge in [-0.05, 0) is 71.2 Å². The summed E-state index contributed by atoms with van der Waals surface area (Å²) in [7, 11) is 0. The molecule has 2 aliphatic rings. The minimum absolute atomic E-state index is 0.00285. The second-order valence-electron chi connectivity index (χ2n) is 9.07. The van der Waals surface area contributed by atoms with Gasteiger partial charge in [0.1, 0.15) is 0 Å². The van der Waals surface area contributed by atoms with Gasteiger partial charge in [-0.2, -0.15) is 11.3 Å². The van der Waals surface area contributed by atoms with Gasteiger partial charge < -0.3 is 9.80 Å². The van der Waals surface area contributed by atoms with E-state index in [9.17, 15) is 19.7 Å². The third-order valence-corrected chi connectivity index (χ3v) is 7.60. The summed E-state index contributed by atoms with van der Waals surface area (Å²) in [6.45, 7) is 4.75. The molecule has 4 rings (SSSR count). The lowest BCUT2D eigenvalue weighted by Gasteiger charge is -2.39. The summed E-state index contributed by atoms with van der Waals surface area (Å²) in [5.74, 6) is 0.0446. The quantitative estimate of drug-likeness (QED) is 0.331. The first-order valence-corrected chi connectivity index (χ1v) is 12.6. The summed E-state index contributed by atoms with van der Waals surface area (Å²) in [5.41, 5.74) is 2.44. The summed E-state index contributed by atoms with van der Waals surface area (Å²) in [6.07, 6.45) is 8.57. The van der Waals surface area contributed by atoms with Crippen LogP contribution in [0.2, 0.25) is 0 Å². The van der Waals surface area contributed by atoms with Crippen LogP contribution in [0.3, 0.4) is 0 Å². The van der Waals surface area contributed by atoms with Crippen LogP contribution in [0, 0.1) is 15.5 Å². The lowest BCUT2D eigenvalue weighted by Crippen LogP contribution is -2.44. The number of nitro groups is 1. The number of hydrogen-bond acceptors (Lipinski definition) is 5. The molecule has 2 fully saturated rings. The summed E-state index contributed by atoms with van der Waals surface area (Å²) in [4.78, 5) is 40.3. The Hall–Kier alpha value is -3.26. The van der Waals surface area contributed by atoms with Gasteiger partial charge in [0.05, 0.1) is 4.92 Å². The first-order valence-electron chi connectivity index (χ1n) is 11.6. The first kappa shape index (κ1) is 23.9. The van der Waals surface area contributed by atoms with E-state index in [0.717, 1.165) is 24.8 Å². The van der Waals surface area contributed by atoms with E-state index in [-0.39, 0.29) is 22.9 Å². The van der Waals surface area contributed by atoms with Crippen LogP contribution in [0.15, 0.2) is 52.7 Å². The molecule has 0 atom stereocenters. The molecule has 0 aliphatic carbocycles. The second-order valence-corrected chi connectivity index (χ2v) is 9.85. The summed E-state index contributed by atoms with van der Waals surface area (Å²) >= 11 is 1.61. The van der Waals surface area contributed by atoms with Crippen molar-refractivity contribution in [3.63, 3.8) is 0 Å². The number of likely N-dealkylation sites (tertiary alicyclic amines) is 2. The Morgan fingerprint density at radius 3 is 2.50 bits per heavy atom. The van der Waals surface area contributed by atoms with E-state index in [1.54, 1.807) is 35.6 Å². The molecule has 8 heteroatoms. The van der Waals surface area contributed by atoms with Gasteiger partial charge in [-0.15, -0.1) is 0 Å². The van der Waals surface area contributed by atoms with Crippen molar-refractivity contribution in [3.8, 4) is 0 Å². The zero-order chi connectivity index (χ0) is 24.1. The van der Waals surface area contributed by atoms with Crippen LogP contribution in [-0.4, -0.2) is 52.7 Å². The molecule has 1 aromatic heterocycles. The van der Waals surface area contributed by atoms with E-state index >= 15 is 0 Å². The monoisotopic (exact) mass is 479 g/mol. The van der Waals surface area contributed by atoms with Gasteiger partial charge in [-0.3, -0.25) is 19.7 Å². The molecule has 3 heterocycles. The number of nitro benzene ring substituents is 1. The highest BCUT2D eigenvalue weighted by atomic mass is 32.1. The predicted molar refractivity (Wildman–Crippen MR) is 134 cm³/mol. The maximum Gasteiger partial charge on any atom is 0.270 e. The zero-order valence-electron chi connectivity index (χ0n) is 19.3. The molecule has 2 aliphatic heterocycles. The number of piperidine rings is 1. The molecule has 178 valence electrons. The molecule has 1 spiro atoms. The normalized spacial score (nSPS) is 18.1. The van der Waals surface area contributed by atoms with Gasteiger partial charge in [0.15, 0.2) is 0 Å². The van der Waals surface area contributed by atoms with E-state index in [0.29, 0.717) is 43.7 Å². The fourth-order valence-electron chi connectivity index (χ4n) is 4.81. The van der Waals surface area contributed by atoms with Gasteiger partial charge in [0.2, 0.25) is 11.8 Å². The van der Waals surface area contributed by atoms with Gasteiger partial charge >= 0.3 is 0 Å². The average molecular weight is 480 g/mol. The lowest BCUT2D eigenvalue weighted by atomic mass is 9.77. The lowest BCUT2D eigenvalue weighted by molar-refractivity contribution is -0.384. The van der Waals surface area contributed by atoms with E-state index in [2.05, 4.69) is 0 Å². The molecule has 34 heavy (non-hydrogen) atoms. The molecule has 7 nitrogen and oxygen atoms in total. The molecule has 0 saturated carbocycles. The predicted octanol–water partition coefficient (Wildman–Crippen LogP) is 5.00. The van der Waals surface area contributed by atoms with E-state index < -0.39 is 4.92 Å². The van der Waals surface area contributed by atoms with E-state index in [1.807, 2.05) is 39.6 Å². The average Bonchev–Trinajstić information content (AvgIpc) is 3.52. The summed E-state index contributed by atoms with van der Waals surface area (Å²) < 4.78 is 0. The highest BCUT2D eigenvalue weighted by Gasteiger charge is 2.42. The van der Waals surface area contributed by atoms with E-state index in [4.69, 9.17) is 0 Å². The number of benzene rings is 1. The van der Waals surface area contributed by atoms with Crippen molar-refractivity contribution in [2.45, 2.75) is 32.6 Å². The molecule has 1 aromatic carbocycles. The van der Waals surface area contributed by atoms with Crippen LogP contribution in [0.25, 0.3) is 12.2 Å². The van der Waals surface area contributed by atoms with Crippen LogP contribution >= 0.6 is 11.3 Å². The number of non-ortho nitro benzene ring substituents is 1. The molecule has 0 radical (unpaired) electrons. The standard InChI is InChI=1S/C26H29N3O4S/c1-2-22(16-21-4-3-5-23(17-21)29(32)33)25(31)28-14-11-26(19-28)9-12-27(13-10-26)24(30)7-6-20-8-15-34-18-20/h3-8,15-18H,2,9-14,19H2,1H3/b7-6+,22-16-. The third-order valence-electron chi connectivity index (χ3n) is 6.90. The number of amides is 2. The first-order chi connectivity index (χ1) is 16.4. The number of thiophene rings is 1. The molecule has 0 bridgehead atoms. The topological polar surface area (TPSA) is 83.8 Å². The third kappa shape index (κ3) is 5.44. The molecule has 0 unspecified atom stereocenters. The fraction of sp³-hybridized carbons (Fsp3) is 0.385. The molecule has 0 N–H and O–H groups in total. The van der Waals surface area contributed by atoms with Gasteiger partial charge in [-0.1, -0.05) is 19.1 Å². The number of rotatable bonds is 6. The minimum atomic E-state index is -0.427. The van der Waals surface area contributed by atoms with Crippen LogP contribution < -0.4 is 0 Å². The van der Waals surface area contributed by atoms with Crippen LogP contribution in [-0.2, 0) is 9.59 Å². The number of carbonyl (C=O) groups is 2. The Morgan fingerprint density at radius 1 is 1.12 bits per heavy atom. The molecule has 2 saturated heterocycles. The maximum atomic E-state index is 13.2. The van der Waals surface area contributed by atoms with Gasteiger partial charge in [0, 0.05) is 50.0 Å². The minimum Gasteiger partial charge on any atom is -0.339 e. The molecular formula is C26H29N3O4S. The Kier molecular flexibility index (Phi) is 7.26. The van der Waals surface area contributed by atoms with Gasteiger partial charge in [-0.25, -0.2) is 0 Å². The smallest absolute Gasteiger partial charge is 0.270 e. The summed E-state index contributed by atoms with van der Waals surface area (Å²) in [5, 5.41) is 15.1. The zero-order valence-corrected chi connectivity index (χ0v) is 20.1. The van der Waals surface area contributed by atoms with Crippen molar-refractivity contribution < 1.29 is 14.5 Å². The maximum absolute atomic E-state index is 13.2. The molecule has 2 amide bonds. The van der Waals surface area contributed by atoms with Crippen molar-refractivity contribution in [3.05, 3.63) is 74.0 Å². The highest BCUT2D eigenvalue weighted by molar-refractivity contribution is 7.08. The van der Waals surface area contributed by atoms with Crippen molar-refractivity contribution in [1.82, 2.24) is 9.80 Å². The number of hydrogen-bond donors (Lipinski definition) is 0. The SMILES string of the molecule is CC/C(=C/c1cccc([N+](=O)[O-])c1)C(=O)N1CCC2(CCN(C(=O)/C=C/c3ccsc3)CC2)C1. The van der Waals surface area contributed by atoms with Crippen molar-refractivity contribution >= 4 is 41.0 Å². The largest absolute Gasteiger partial charge is 0.339 e. The van der Waals surface area contributed by atoms with E-state index in [1.165, 1.54) is 12.1 Å². The van der Waals surface area contributed by atoms with Crippen molar-refractivity contribution in [2.75, 3.05) is 26.2 Å². The van der Waals surface area contributed by atoms with Crippen molar-refractivity contribution in [2.24, 2.45) is 5.41 Å². The fourth-order valence-corrected chi connectivity index (χ4v) is 5.44. The van der Waals surface area contributed by atoms with Gasteiger partial charge in [0.25, 0.3) is 5.69 Å². The Morgan fingerprint density at radius 2 is 1.85 bits per heavy atom. The van der Waals surface area contributed by atoms with Crippen LogP contribution in [0.5, 0.6) is 0 Å². The Balaban J connectivity index is 1.36.